The zero-order valence-electron chi connectivity index (χ0n) is 17.8. The standard InChI is InChI=1S/C21H33N3O4S/c1-15-6-5-7-19(16(15)2)22-21(25)18-14-17(29(26,27)23(3)4)8-9-20(18)24-10-12-28-13-11-24/h8-9,14-16,19H,5-7,10-13H2,1-4H3,(H,22,25). The normalized spacial score (nSPS) is 25.8. The Balaban J connectivity index is 1.95. The second-order valence-corrected chi connectivity index (χ2v) is 10.6. The summed E-state index contributed by atoms with van der Waals surface area (Å²) >= 11 is 0. The van der Waals surface area contributed by atoms with Gasteiger partial charge in [-0.25, -0.2) is 12.7 Å². The van der Waals surface area contributed by atoms with Gasteiger partial charge >= 0.3 is 0 Å². The first-order chi connectivity index (χ1) is 13.7. The molecular formula is C21H33N3O4S. The molecule has 1 aromatic rings. The van der Waals surface area contributed by atoms with Gasteiger partial charge in [0.05, 0.1) is 23.7 Å². The largest absolute Gasteiger partial charge is 0.378 e. The van der Waals surface area contributed by atoms with Crippen molar-refractivity contribution in [2.24, 2.45) is 11.8 Å². The molecule has 0 radical (unpaired) electrons. The van der Waals surface area contributed by atoms with Gasteiger partial charge in [0.15, 0.2) is 0 Å². The van der Waals surface area contributed by atoms with Crippen LogP contribution < -0.4 is 10.2 Å². The van der Waals surface area contributed by atoms with Crippen molar-refractivity contribution < 1.29 is 17.9 Å². The van der Waals surface area contributed by atoms with E-state index in [0.717, 1.165) is 18.5 Å². The first kappa shape index (κ1) is 22.1. The Kier molecular flexibility index (Phi) is 6.86. The predicted octanol–water partition coefficient (Wildman–Crippen LogP) is 2.33. The van der Waals surface area contributed by atoms with Crippen LogP contribution in [-0.4, -0.2) is 65.1 Å². The second kappa shape index (κ2) is 9.02. The zero-order chi connectivity index (χ0) is 21.2. The van der Waals surface area contributed by atoms with Crippen LogP contribution in [0.15, 0.2) is 23.1 Å². The number of rotatable bonds is 5. The predicted molar refractivity (Wildman–Crippen MR) is 114 cm³/mol. The summed E-state index contributed by atoms with van der Waals surface area (Å²) in [4.78, 5) is 15.5. The maximum atomic E-state index is 13.3. The summed E-state index contributed by atoms with van der Waals surface area (Å²) in [6.07, 6.45) is 3.24. The van der Waals surface area contributed by atoms with Gasteiger partial charge < -0.3 is 15.0 Å². The number of nitrogens with one attached hydrogen (secondary N) is 1. The Morgan fingerprint density at radius 1 is 1.17 bits per heavy atom. The summed E-state index contributed by atoms with van der Waals surface area (Å²) in [5, 5.41) is 3.20. The van der Waals surface area contributed by atoms with Crippen molar-refractivity contribution in [3.63, 3.8) is 0 Å². The van der Waals surface area contributed by atoms with Crippen LogP contribution in [0.4, 0.5) is 5.69 Å². The molecule has 2 fully saturated rings. The van der Waals surface area contributed by atoms with Gasteiger partial charge in [-0.15, -0.1) is 0 Å². The molecule has 3 atom stereocenters. The average molecular weight is 424 g/mol. The van der Waals surface area contributed by atoms with Crippen molar-refractivity contribution in [1.29, 1.82) is 0 Å². The number of morpholine rings is 1. The third-order valence-electron chi connectivity index (χ3n) is 6.37. The summed E-state index contributed by atoms with van der Waals surface area (Å²) in [5.41, 5.74) is 1.18. The van der Waals surface area contributed by atoms with Gasteiger partial charge in [0, 0.05) is 38.9 Å². The van der Waals surface area contributed by atoms with E-state index in [0.29, 0.717) is 43.7 Å². The molecule has 0 aromatic heterocycles. The van der Waals surface area contributed by atoms with Crippen LogP contribution >= 0.6 is 0 Å². The van der Waals surface area contributed by atoms with E-state index in [2.05, 4.69) is 24.1 Å². The summed E-state index contributed by atoms with van der Waals surface area (Å²) < 4.78 is 31.9. The van der Waals surface area contributed by atoms with Crippen molar-refractivity contribution in [2.75, 3.05) is 45.3 Å². The number of ether oxygens (including phenoxy) is 1. The topological polar surface area (TPSA) is 79.0 Å². The van der Waals surface area contributed by atoms with Crippen LogP contribution in [0.3, 0.4) is 0 Å². The molecule has 29 heavy (non-hydrogen) atoms. The van der Waals surface area contributed by atoms with Gasteiger partial charge in [0.2, 0.25) is 10.0 Å². The van der Waals surface area contributed by atoms with Crippen LogP contribution in [0.25, 0.3) is 0 Å². The fourth-order valence-electron chi connectivity index (χ4n) is 4.18. The number of anilines is 1. The summed E-state index contributed by atoms with van der Waals surface area (Å²) in [6, 6.07) is 4.97. The molecule has 0 spiro atoms. The Morgan fingerprint density at radius 2 is 1.86 bits per heavy atom. The van der Waals surface area contributed by atoms with Crippen molar-refractivity contribution in [3.05, 3.63) is 23.8 Å². The highest BCUT2D eigenvalue weighted by molar-refractivity contribution is 7.89. The Morgan fingerprint density at radius 3 is 2.52 bits per heavy atom. The van der Waals surface area contributed by atoms with Crippen LogP contribution in [0.5, 0.6) is 0 Å². The van der Waals surface area contributed by atoms with E-state index in [1.807, 2.05) is 0 Å². The number of nitrogens with zero attached hydrogens (tertiary/aromatic N) is 2. The summed E-state index contributed by atoms with van der Waals surface area (Å²) in [6.45, 7) is 6.96. The lowest BCUT2D eigenvalue weighted by Crippen LogP contribution is -2.44. The second-order valence-electron chi connectivity index (χ2n) is 8.41. The zero-order valence-corrected chi connectivity index (χ0v) is 18.7. The minimum Gasteiger partial charge on any atom is -0.378 e. The fraction of sp³-hybridized carbons (Fsp3) is 0.667. The maximum absolute atomic E-state index is 13.3. The molecule has 8 heteroatoms. The first-order valence-corrected chi connectivity index (χ1v) is 11.9. The van der Waals surface area contributed by atoms with Gasteiger partial charge in [0.25, 0.3) is 5.91 Å². The van der Waals surface area contributed by atoms with Crippen LogP contribution in [0, 0.1) is 11.8 Å². The molecule has 3 rings (SSSR count). The molecule has 1 saturated carbocycles. The van der Waals surface area contributed by atoms with Crippen LogP contribution in [-0.2, 0) is 14.8 Å². The first-order valence-electron chi connectivity index (χ1n) is 10.4. The van der Waals surface area contributed by atoms with Gasteiger partial charge in [-0.3, -0.25) is 4.79 Å². The number of carbonyl (C=O) groups is 1. The number of sulfonamides is 1. The summed E-state index contributed by atoms with van der Waals surface area (Å²) in [7, 11) is -0.631. The molecule has 1 heterocycles. The van der Waals surface area contributed by atoms with E-state index in [-0.39, 0.29) is 16.8 Å². The van der Waals surface area contributed by atoms with Crippen LogP contribution in [0.2, 0.25) is 0 Å². The molecule has 162 valence electrons. The molecule has 1 N–H and O–H groups in total. The van der Waals surface area contributed by atoms with Crippen molar-refractivity contribution in [2.45, 2.75) is 44.0 Å². The molecular weight excluding hydrogens is 390 g/mol. The van der Waals surface area contributed by atoms with Crippen molar-refractivity contribution >= 4 is 21.6 Å². The van der Waals surface area contributed by atoms with E-state index >= 15 is 0 Å². The third-order valence-corrected chi connectivity index (χ3v) is 8.18. The third kappa shape index (κ3) is 4.75. The number of amides is 1. The van der Waals surface area contributed by atoms with Gasteiger partial charge in [-0.2, -0.15) is 0 Å². The summed E-state index contributed by atoms with van der Waals surface area (Å²) in [5.74, 6) is 0.759. The van der Waals surface area contributed by atoms with Crippen molar-refractivity contribution in [3.8, 4) is 0 Å². The van der Waals surface area contributed by atoms with E-state index < -0.39 is 10.0 Å². The molecule has 1 aliphatic heterocycles. The van der Waals surface area contributed by atoms with Gasteiger partial charge in [-0.05, 0) is 36.5 Å². The van der Waals surface area contributed by atoms with Crippen LogP contribution in [0.1, 0.15) is 43.5 Å². The van der Waals surface area contributed by atoms with E-state index in [1.54, 1.807) is 12.1 Å². The minimum absolute atomic E-state index is 0.109. The van der Waals surface area contributed by atoms with E-state index in [4.69, 9.17) is 4.74 Å². The van der Waals surface area contributed by atoms with Gasteiger partial charge in [0.1, 0.15) is 0 Å². The Bertz CT molecular complexity index is 834. The minimum atomic E-state index is -3.62. The number of benzene rings is 1. The Labute approximate surface area is 174 Å². The lowest BCUT2D eigenvalue weighted by Gasteiger charge is -2.35. The molecule has 2 aliphatic rings. The molecule has 1 aromatic carbocycles. The lowest BCUT2D eigenvalue weighted by atomic mass is 9.78. The lowest BCUT2D eigenvalue weighted by molar-refractivity contribution is 0.0889. The molecule has 7 nitrogen and oxygen atoms in total. The highest BCUT2D eigenvalue weighted by Gasteiger charge is 2.30. The molecule has 3 unspecified atom stereocenters. The van der Waals surface area contributed by atoms with E-state index in [9.17, 15) is 13.2 Å². The highest BCUT2D eigenvalue weighted by atomic mass is 32.2. The highest BCUT2D eigenvalue weighted by Crippen LogP contribution is 2.31. The SMILES string of the molecule is CC1CCCC(NC(=O)c2cc(S(=O)(=O)N(C)C)ccc2N2CCOCC2)C1C. The molecule has 1 amide bonds. The smallest absolute Gasteiger partial charge is 0.253 e. The molecule has 1 aliphatic carbocycles. The monoisotopic (exact) mass is 423 g/mol. The average Bonchev–Trinajstić information content (AvgIpc) is 2.71. The number of hydrogen-bond donors (Lipinski definition) is 1. The number of hydrogen-bond acceptors (Lipinski definition) is 5. The molecule has 0 bridgehead atoms. The fourth-order valence-corrected chi connectivity index (χ4v) is 5.11. The quantitative estimate of drug-likeness (QED) is 0.786. The maximum Gasteiger partial charge on any atom is 0.253 e. The number of carbonyl (C=O) groups excluding carboxylic acids is 1. The molecule has 1 saturated heterocycles. The van der Waals surface area contributed by atoms with Crippen molar-refractivity contribution in [1.82, 2.24) is 9.62 Å². The van der Waals surface area contributed by atoms with Gasteiger partial charge in [-0.1, -0.05) is 26.7 Å². The van der Waals surface area contributed by atoms with E-state index in [1.165, 1.54) is 30.9 Å². The Hall–Kier alpha value is -1.64.